The van der Waals surface area contributed by atoms with Gasteiger partial charge in [-0.05, 0) is 31.0 Å². The molecule has 1 heterocycles. The van der Waals surface area contributed by atoms with Gasteiger partial charge >= 0.3 is 0 Å². The van der Waals surface area contributed by atoms with Crippen LogP contribution < -0.4 is 5.32 Å². The SMILES string of the molecule is CC1(C)NC(=O)C(c2ccc(-c3cccc(Cl)c3Cl)cc2)C1=O. The van der Waals surface area contributed by atoms with Crippen molar-refractivity contribution in [2.75, 3.05) is 0 Å². The topological polar surface area (TPSA) is 46.2 Å². The predicted octanol–water partition coefficient (Wildman–Crippen LogP) is 4.22. The minimum absolute atomic E-state index is 0.115. The molecule has 2 aromatic carbocycles. The number of Topliss-reactive ketones (excluding diaryl/α,β-unsaturated/α-hetero) is 1. The van der Waals surface area contributed by atoms with Gasteiger partial charge in [-0.1, -0.05) is 59.6 Å². The molecule has 0 spiro atoms. The number of carbonyl (C=O) groups excluding carboxylic acids is 2. The first-order chi connectivity index (χ1) is 10.8. The highest BCUT2D eigenvalue weighted by atomic mass is 35.5. The smallest absolute Gasteiger partial charge is 0.235 e. The molecule has 1 saturated heterocycles. The molecule has 0 bridgehead atoms. The molecule has 2 aromatic rings. The van der Waals surface area contributed by atoms with Gasteiger partial charge in [0.05, 0.1) is 15.6 Å². The summed E-state index contributed by atoms with van der Waals surface area (Å²) in [6.45, 7) is 3.43. The van der Waals surface area contributed by atoms with Gasteiger partial charge in [-0.3, -0.25) is 9.59 Å². The number of hydrogen-bond acceptors (Lipinski definition) is 2. The third-order valence-corrected chi connectivity index (χ3v) is 4.90. The van der Waals surface area contributed by atoms with E-state index in [4.69, 9.17) is 23.2 Å². The van der Waals surface area contributed by atoms with E-state index in [-0.39, 0.29) is 11.7 Å². The van der Waals surface area contributed by atoms with Crippen LogP contribution >= 0.6 is 23.2 Å². The quantitative estimate of drug-likeness (QED) is 0.826. The standard InChI is InChI=1S/C18H15Cl2NO2/c1-18(2)16(22)14(17(23)21-18)11-8-6-10(7-9-11)12-4-3-5-13(19)15(12)20/h3-9,14H,1-2H3,(H,21,23). The fourth-order valence-electron chi connectivity index (χ4n) is 2.81. The van der Waals surface area contributed by atoms with Crippen LogP contribution in [0.3, 0.4) is 0 Å². The highest BCUT2D eigenvalue weighted by Gasteiger charge is 2.46. The van der Waals surface area contributed by atoms with Crippen LogP contribution in [0.15, 0.2) is 42.5 Å². The molecule has 1 atom stereocenters. The lowest BCUT2D eigenvalue weighted by Crippen LogP contribution is -2.39. The van der Waals surface area contributed by atoms with Crippen LogP contribution in [0, 0.1) is 0 Å². The molecule has 5 heteroatoms. The van der Waals surface area contributed by atoms with Crippen molar-refractivity contribution in [2.45, 2.75) is 25.3 Å². The van der Waals surface area contributed by atoms with E-state index in [1.54, 1.807) is 32.0 Å². The van der Waals surface area contributed by atoms with Gasteiger partial charge in [-0.25, -0.2) is 0 Å². The Morgan fingerprint density at radius 3 is 2.22 bits per heavy atom. The lowest BCUT2D eigenvalue weighted by Gasteiger charge is -2.15. The Morgan fingerprint density at radius 1 is 1.00 bits per heavy atom. The molecular weight excluding hydrogens is 333 g/mol. The average molecular weight is 348 g/mol. The fraction of sp³-hybridized carbons (Fsp3) is 0.222. The van der Waals surface area contributed by atoms with E-state index in [9.17, 15) is 9.59 Å². The lowest BCUT2D eigenvalue weighted by molar-refractivity contribution is -0.125. The van der Waals surface area contributed by atoms with Crippen molar-refractivity contribution in [3.05, 3.63) is 58.1 Å². The first kappa shape index (κ1) is 16.0. The Morgan fingerprint density at radius 2 is 1.65 bits per heavy atom. The second-order valence-electron chi connectivity index (χ2n) is 6.13. The summed E-state index contributed by atoms with van der Waals surface area (Å²) in [5.74, 6) is -1.13. The van der Waals surface area contributed by atoms with Crippen molar-refractivity contribution < 1.29 is 9.59 Å². The number of nitrogens with one attached hydrogen (secondary N) is 1. The van der Waals surface area contributed by atoms with E-state index in [1.807, 2.05) is 24.3 Å². The maximum atomic E-state index is 12.4. The summed E-state index contributed by atoms with van der Waals surface area (Å²) in [6, 6.07) is 12.7. The molecule has 0 aromatic heterocycles. The van der Waals surface area contributed by atoms with Gasteiger partial charge in [0, 0.05) is 5.56 Å². The minimum Gasteiger partial charge on any atom is -0.343 e. The first-order valence-corrected chi connectivity index (χ1v) is 7.97. The Labute approximate surface area is 144 Å². The molecule has 1 aliphatic heterocycles. The van der Waals surface area contributed by atoms with E-state index < -0.39 is 11.5 Å². The molecule has 0 aliphatic carbocycles. The van der Waals surface area contributed by atoms with Gasteiger partial charge < -0.3 is 5.32 Å². The first-order valence-electron chi connectivity index (χ1n) is 7.22. The molecule has 118 valence electrons. The number of rotatable bonds is 2. The molecule has 0 radical (unpaired) electrons. The third-order valence-electron chi connectivity index (χ3n) is 4.08. The van der Waals surface area contributed by atoms with Crippen LogP contribution in [-0.2, 0) is 9.59 Å². The summed E-state index contributed by atoms with van der Waals surface area (Å²) in [5, 5.41) is 3.70. The minimum atomic E-state index is -0.823. The molecule has 1 unspecified atom stereocenters. The molecule has 3 rings (SSSR count). The second-order valence-corrected chi connectivity index (χ2v) is 6.92. The van der Waals surface area contributed by atoms with Crippen molar-refractivity contribution in [3.8, 4) is 11.1 Å². The van der Waals surface area contributed by atoms with Gasteiger partial charge in [-0.2, -0.15) is 0 Å². The van der Waals surface area contributed by atoms with Crippen molar-refractivity contribution in [2.24, 2.45) is 0 Å². The van der Waals surface area contributed by atoms with Crippen molar-refractivity contribution >= 4 is 34.9 Å². The van der Waals surface area contributed by atoms with Crippen LogP contribution in [0.4, 0.5) is 0 Å². The van der Waals surface area contributed by atoms with E-state index in [2.05, 4.69) is 5.32 Å². The number of ketones is 1. The van der Waals surface area contributed by atoms with Crippen LogP contribution in [0.5, 0.6) is 0 Å². The van der Waals surface area contributed by atoms with Crippen molar-refractivity contribution in [3.63, 3.8) is 0 Å². The average Bonchev–Trinajstić information content (AvgIpc) is 2.70. The summed E-state index contributed by atoms with van der Waals surface area (Å²) < 4.78 is 0. The summed E-state index contributed by atoms with van der Waals surface area (Å²) >= 11 is 12.3. The number of benzene rings is 2. The van der Waals surface area contributed by atoms with Crippen molar-refractivity contribution in [1.82, 2.24) is 5.32 Å². The third kappa shape index (κ3) is 2.75. The summed E-state index contributed by atoms with van der Waals surface area (Å²) in [5.41, 5.74) is 1.55. The maximum absolute atomic E-state index is 12.4. The summed E-state index contributed by atoms with van der Waals surface area (Å²) in [4.78, 5) is 24.5. The highest BCUT2D eigenvalue weighted by Crippen LogP contribution is 2.35. The molecule has 1 N–H and O–H groups in total. The molecule has 0 saturated carbocycles. The maximum Gasteiger partial charge on any atom is 0.235 e. The van der Waals surface area contributed by atoms with Gasteiger partial charge in [0.15, 0.2) is 5.78 Å². The fourth-order valence-corrected chi connectivity index (χ4v) is 3.22. The van der Waals surface area contributed by atoms with E-state index in [0.717, 1.165) is 11.1 Å². The number of halogens is 2. The van der Waals surface area contributed by atoms with Gasteiger partial charge in [0.2, 0.25) is 5.91 Å². The van der Waals surface area contributed by atoms with E-state index >= 15 is 0 Å². The molecule has 23 heavy (non-hydrogen) atoms. The highest BCUT2D eigenvalue weighted by molar-refractivity contribution is 6.43. The van der Waals surface area contributed by atoms with Crippen molar-refractivity contribution in [1.29, 1.82) is 0 Å². The monoisotopic (exact) mass is 347 g/mol. The number of hydrogen-bond donors (Lipinski definition) is 1. The normalized spacial score (nSPS) is 19.7. The zero-order valence-corrected chi connectivity index (χ0v) is 14.2. The zero-order valence-electron chi connectivity index (χ0n) is 12.7. The molecule has 3 nitrogen and oxygen atoms in total. The van der Waals surface area contributed by atoms with Crippen LogP contribution in [-0.4, -0.2) is 17.2 Å². The van der Waals surface area contributed by atoms with E-state index in [1.165, 1.54) is 0 Å². The second kappa shape index (κ2) is 5.66. The van der Waals surface area contributed by atoms with E-state index in [0.29, 0.717) is 15.6 Å². The lowest BCUT2D eigenvalue weighted by atomic mass is 9.88. The van der Waals surface area contributed by atoms with Crippen LogP contribution in [0.25, 0.3) is 11.1 Å². The Hall–Kier alpha value is -1.84. The molecular formula is C18H15Cl2NO2. The number of amides is 1. The summed E-state index contributed by atoms with van der Waals surface area (Å²) in [7, 11) is 0. The predicted molar refractivity (Wildman–Crippen MR) is 91.9 cm³/mol. The largest absolute Gasteiger partial charge is 0.343 e. The zero-order chi connectivity index (χ0) is 16.8. The Bertz CT molecular complexity index is 797. The summed E-state index contributed by atoms with van der Waals surface area (Å²) in [6.07, 6.45) is 0. The van der Waals surface area contributed by atoms with Crippen LogP contribution in [0.1, 0.15) is 25.3 Å². The van der Waals surface area contributed by atoms with Crippen LogP contribution in [0.2, 0.25) is 10.0 Å². The Kier molecular flexibility index (Phi) is 3.95. The molecule has 1 amide bonds. The van der Waals surface area contributed by atoms with Gasteiger partial charge in [0.1, 0.15) is 5.92 Å². The molecule has 1 fully saturated rings. The number of carbonyl (C=O) groups is 2. The van der Waals surface area contributed by atoms with Gasteiger partial charge in [-0.15, -0.1) is 0 Å². The Balaban J connectivity index is 1.96. The molecule has 1 aliphatic rings. The van der Waals surface area contributed by atoms with Gasteiger partial charge in [0.25, 0.3) is 0 Å².